The molecule has 0 unspecified atom stereocenters. The maximum absolute atomic E-state index is 11.6. The lowest BCUT2D eigenvalue weighted by molar-refractivity contribution is -0.385. The number of nitrogens with one attached hydrogen (secondary N) is 3. The van der Waals surface area contributed by atoms with Crippen LogP contribution < -0.4 is 11.1 Å². The Kier molecular flexibility index (Phi) is 4.06. The molecule has 3 heterocycles. The van der Waals surface area contributed by atoms with E-state index < -0.39 is 4.92 Å². The Morgan fingerprint density at radius 2 is 1.77 bits per heavy atom. The zero-order chi connectivity index (χ0) is 20.7. The summed E-state index contributed by atoms with van der Waals surface area (Å²) in [5, 5.41) is 16.8. The third-order valence-electron chi connectivity index (χ3n) is 4.97. The Balaban J connectivity index is 1.52. The molecule has 0 aliphatic carbocycles. The molecule has 0 fully saturated rings. The van der Waals surface area contributed by atoms with Crippen molar-refractivity contribution in [3.8, 4) is 0 Å². The first-order chi connectivity index (χ1) is 14.6. The minimum absolute atomic E-state index is 0.170. The van der Waals surface area contributed by atoms with Gasteiger partial charge in [-0.1, -0.05) is 12.1 Å². The molecule has 0 aliphatic heterocycles. The highest BCUT2D eigenvalue weighted by Crippen LogP contribution is 2.29. The number of benzene rings is 2. The minimum Gasteiger partial charge on any atom is -0.378 e. The molecule has 0 aliphatic rings. The number of hydrogen-bond donors (Lipinski definition) is 4. The van der Waals surface area contributed by atoms with E-state index in [1.54, 1.807) is 0 Å². The molecule has 0 saturated heterocycles. The fraction of sp³-hybridized carbons (Fsp3) is 0.0476. The number of fused-ring (bicyclic) bond motifs is 2. The van der Waals surface area contributed by atoms with Crippen molar-refractivity contribution in [2.24, 2.45) is 0 Å². The third kappa shape index (κ3) is 3.18. The fourth-order valence-corrected chi connectivity index (χ4v) is 3.56. The van der Waals surface area contributed by atoms with Gasteiger partial charge in [-0.25, -0.2) is 4.98 Å². The first-order valence-corrected chi connectivity index (χ1v) is 9.28. The molecule has 3 aromatic heterocycles. The van der Waals surface area contributed by atoms with Crippen molar-refractivity contribution in [3.05, 3.63) is 82.3 Å². The van der Waals surface area contributed by atoms with Gasteiger partial charge in [-0.15, -0.1) is 0 Å². The van der Waals surface area contributed by atoms with Crippen LogP contribution in [0.1, 0.15) is 11.3 Å². The van der Waals surface area contributed by atoms with Crippen molar-refractivity contribution in [2.45, 2.75) is 6.42 Å². The molecular formula is C21H17N7O2. The number of aromatic amines is 2. The van der Waals surface area contributed by atoms with Gasteiger partial charge < -0.3 is 21.0 Å². The summed E-state index contributed by atoms with van der Waals surface area (Å²) in [5.74, 6) is 0.0397. The summed E-state index contributed by atoms with van der Waals surface area (Å²) in [5.41, 5.74) is 9.51. The van der Waals surface area contributed by atoms with Crippen LogP contribution >= 0.6 is 0 Å². The number of rotatable bonds is 5. The number of nitro groups is 1. The van der Waals surface area contributed by atoms with Crippen LogP contribution in [0, 0.1) is 10.1 Å². The minimum atomic E-state index is -0.533. The predicted octanol–water partition coefficient (Wildman–Crippen LogP) is 4.26. The quantitative estimate of drug-likeness (QED) is 0.257. The predicted molar refractivity (Wildman–Crippen MR) is 116 cm³/mol. The maximum atomic E-state index is 11.6. The van der Waals surface area contributed by atoms with Crippen molar-refractivity contribution < 1.29 is 4.92 Å². The number of nitrogens with two attached hydrogens (primary N) is 1. The lowest BCUT2D eigenvalue weighted by Gasteiger charge is -2.10. The molecule has 0 amide bonds. The van der Waals surface area contributed by atoms with Crippen molar-refractivity contribution in [3.63, 3.8) is 0 Å². The van der Waals surface area contributed by atoms with Gasteiger partial charge in [-0.05, 0) is 52.7 Å². The number of hydrogen-bond acceptors (Lipinski definition) is 6. The van der Waals surface area contributed by atoms with Gasteiger partial charge in [0.15, 0.2) is 0 Å². The molecule has 2 aromatic carbocycles. The third-order valence-corrected chi connectivity index (χ3v) is 4.97. The van der Waals surface area contributed by atoms with Gasteiger partial charge in [0.2, 0.25) is 11.8 Å². The first kappa shape index (κ1) is 17.7. The SMILES string of the molecule is Nc1nc(Nc2ccc3cc[nH]c3c2)nc(Cc2ccc3[nH]ccc3c2)c1[N+](=O)[O-]. The topological polar surface area (TPSA) is 139 Å². The van der Waals surface area contributed by atoms with Gasteiger partial charge in [0.1, 0.15) is 5.69 Å². The first-order valence-electron chi connectivity index (χ1n) is 9.28. The van der Waals surface area contributed by atoms with Crippen LogP contribution in [0.3, 0.4) is 0 Å². The zero-order valence-electron chi connectivity index (χ0n) is 15.7. The van der Waals surface area contributed by atoms with Crippen molar-refractivity contribution in [1.29, 1.82) is 0 Å². The summed E-state index contributed by atoms with van der Waals surface area (Å²) in [6.45, 7) is 0. The summed E-state index contributed by atoms with van der Waals surface area (Å²) in [7, 11) is 0. The molecule has 0 bridgehead atoms. The van der Waals surface area contributed by atoms with Crippen LogP contribution in [0.5, 0.6) is 0 Å². The molecule has 5 N–H and O–H groups in total. The highest BCUT2D eigenvalue weighted by atomic mass is 16.6. The summed E-state index contributed by atoms with van der Waals surface area (Å²) in [6.07, 6.45) is 3.96. The van der Waals surface area contributed by atoms with Crippen LogP contribution in [-0.4, -0.2) is 24.9 Å². The van der Waals surface area contributed by atoms with Crippen LogP contribution in [-0.2, 0) is 6.42 Å². The van der Waals surface area contributed by atoms with E-state index in [4.69, 9.17) is 5.73 Å². The smallest absolute Gasteiger partial charge is 0.332 e. The molecule has 9 heteroatoms. The Hall–Kier alpha value is -4.40. The molecule has 148 valence electrons. The number of nitrogens with zero attached hydrogens (tertiary/aromatic N) is 3. The van der Waals surface area contributed by atoms with E-state index in [1.807, 2.05) is 60.9 Å². The van der Waals surface area contributed by atoms with E-state index in [-0.39, 0.29) is 29.6 Å². The Morgan fingerprint density at radius 3 is 2.60 bits per heavy atom. The molecule has 30 heavy (non-hydrogen) atoms. The van der Waals surface area contributed by atoms with Gasteiger partial charge in [0, 0.05) is 35.5 Å². The van der Waals surface area contributed by atoms with E-state index >= 15 is 0 Å². The van der Waals surface area contributed by atoms with Gasteiger partial charge in [0.25, 0.3) is 0 Å². The van der Waals surface area contributed by atoms with Crippen LogP contribution in [0.15, 0.2) is 60.9 Å². The maximum Gasteiger partial charge on any atom is 0.332 e. The Bertz CT molecular complexity index is 1400. The summed E-state index contributed by atoms with van der Waals surface area (Å²) < 4.78 is 0. The number of anilines is 3. The van der Waals surface area contributed by atoms with Crippen LogP contribution in [0.25, 0.3) is 21.8 Å². The second kappa shape index (κ2) is 6.89. The molecule has 0 atom stereocenters. The molecular weight excluding hydrogens is 382 g/mol. The van der Waals surface area contributed by atoms with E-state index in [1.165, 1.54) is 0 Å². The van der Waals surface area contributed by atoms with Gasteiger partial charge in [-0.3, -0.25) is 10.1 Å². The van der Waals surface area contributed by atoms with E-state index in [2.05, 4.69) is 25.3 Å². The van der Waals surface area contributed by atoms with Gasteiger partial charge in [0.05, 0.1) is 4.92 Å². The van der Waals surface area contributed by atoms with Gasteiger partial charge >= 0.3 is 5.69 Å². The zero-order valence-corrected chi connectivity index (χ0v) is 15.7. The summed E-state index contributed by atoms with van der Waals surface area (Å²) in [4.78, 5) is 25.9. The highest BCUT2D eigenvalue weighted by Gasteiger charge is 2.23. The van der Waals surface area contributed by atoms with Gasteiger partial charge in [-0.2, -0.15) is 4.98 Å². The normalized spacial score (nSPS) is 11.2. The second-order valence-corrected chi connectivity index (χ2v) is 6.97. The summed E-state index contributed by atoms with van der Waals surface area (Å²) in [6, 6.07) is 15.5. The Morgan fingerprint density at radius 1 is 0.967 bits per heavy atom. The lowest BCUT2D eigenvalue weighted by Crippen LogP contribution is -2.09. The Labute approximate surface area is 170 Å². The van der Waals surface area contributed by atoms with Crippen LogP contribution in [0.4, 0.5) is 23.1 Å². The van der Waals surface area contributed by atoms with E-state index in [9.17, 15) is 10.1 Å². The average molecular weight is 399 g/mol. The number of aromatic nitrogens is 4. The highest BCUT2D eigenvalue weighted by molar-refractivity contribution is 5.83. The molecule has 0 spiro atoms. The van der Waals surface area contributed by atoms with Crippen molar-refractivity contribution in [1.82, 2.24) is 19.9 Å². The average Bonchev–Trinajstić information content (AvgIpc) is 3.35. The fourth-order valence-electron chi connectivity index (χ4n) is 3.56. The molecule has 0 radical (unpaired) electrons. The molecule has 9 nitrogen and oxygen atoms in total. The monoisotopic (exact) mass is 399 g/mol. The van der Waals surface area contributed by atoms with Crippen LogP contribution in [0.2, 0.25) is 0 Å². The molecule has 5 aromatic rings. The van der Waals surface area contributed by atoms with E-state index in [0.29, 0.717) is 0 Å². The summed E-state index contributed by atoms with van der Waals surface area (Å²) >= 11 is 0. The van der Waals surface area contributed by atoms with Crippen molar-refractivity contribution in [2.75, 3.05) is 11.1 Å². The molecule has 0 saturated carbocycles. The second-order valence-electron chi connectivity index (χ2n) is 6.97. The van der Waals surface area contributed by atoms with E-state index in [0.717, 1.165) is 33.1 Å². The standard InChI is InChI=1S/C21H17N7O2/c22-20-19(28(29)30)18(10-12-1-4-16-14(9-12)6-8-23-16)26-21(27-20)25-15-3-2-13-5-7-24-17(13)11-15/h1-9,11,23-24H,10H2,(H3,22,25,26,27). The molecule has 5 rings (SSSR count). The van der Waals surface area contributed by atoms with Crippen molar-refractivity contribution >= 4 is 44.9 Å². The number of nitrogen functional groups attached to an aromatic ring is 1. The number of H-pyrrole nitrogens is 2. The lowest BCUT2D eigenvalue weighted by atomic mass is 10.1. The largest absolute Gasteiger partial charge is 0.378 e.